The van der Waals surface area contributed by atoms with E-state index in [-0.39, 0.29) is 0 Å². The number of nitrogens with two attached hydrogens (primary N) is 1. The van der Waals surface area contributed by atoms with Crippen LogP contribution in [0.2, 0.25) is 0 Å². The Bertz CT molecular complexity index is 180. The first-order valence-corrected chi connectivity index (χ1v) is 2.81. The molecule has 0 aromatic heterocycles. The topological polar surface area (TPSA) is 55.5 Å². The molecule has 0 aromatic carbocycles. The van der Waals surface area contributed by atoms with Gasteiger partial charge in [-0.15, -0.1) is 0 Å². The summed E-state index contributed by atoms with van der Waals surface area (Å²) < 4.78 is 0. The van der Waals surface area contributed by atoms with Crippen molar-refractivity contribution in [2.75, 3.05) is 7.05 Å². The third-order valence-electron chi connectivity index (χ3n) is 0.852. The number of rotatable bonds is 3. The van der Waals surface area contributed by atoms with Crippen LogP contribution in [-0.4, -0.2) is 19.5 Å². The Morgan fingerprint density at radius 3 is 2.70 bits per heavy atom. The Morgan fingerprint density at radius 2 is 2.30 bits per heavy atom. The Labute approximate surface area is 59.9 Å². The Kier molecular flexibility index (Phi) is 4.96. The number of hydrogen-bond donors (Lipinski definition) is 1. The first kappa shape index (κ1) is 8.62. The van der Waals surface area contributed by atoms with Gasteiger partial charge in [0.15, 0.2) is 6.29 Å². The number of carbonyl (C=O) groups is 1. The van der Waals surface area contributed by atoms with Gasteiger partial charge in [-0.2, -0.15) is 0 Å². The quantitative estimate of drug-likeness (QED) is 0.263. The van der Waals surface area contributed by atoms with Crippen LogP contribution >= 0.6 is 0 Å². The lowest BCUT2D eigenvalue weighted by Crippen LogP contribution is -1.86. The van der Waals surface area contributed by atoms with Crippen LogP contribution in [0.25, 0.3) is 0 Å². The van der Waals surface area contributed by atoms with Crippen molar-refractivity contribution in [3.8, 4) is 0 Å². The van der Waals surface area contributed by atoms with Crippen LogP contribution in [0.4, 0.5) is 0 Å². The second-order valence-corrected chi connectivity index (χ2v) is 1.55. The summed E-state index contributed by atoms with van der Waals surface area (Å²) in [7, 11) is 1.65. The van der Waals surface area contributed by atoms with E-state index in [0.29, 0.717) is 11.9 Å². The molecule has 0 rings (SSSR count). The predicted molar refractivity (Wildman–Crippen MR) is 41.9 cm³/mol. The van der Waals surface area contributed by atoms with Gasteiger partial charge in [-0.05, 0) is 12.2 Å². The van der Waals surface area contributed by atoms with E-state index in [9.17, 15) is 4.79 Å². The van der Waals surface area contributed by atoms with Crippen molar-refractivity contribution < 1.29 is 4.79 Å². The number of hydrogen-bond acceptors (Lipinski definition) is 3. The number of aldehydes is 1. The molecule has 0 fully saturated rings. The molecule has 0 saturated heterocycles. The molecule has 10 heavy (non-hydrogen) atoms. The van der Waals surface area contributed by atoms with Crippen LogP contribution in [0, 0.1) is 0 Å². The predicted octanol–water partition coefficient (Wildman–Crippen LogP) is 0.285. The van der Waals surface area contributed by atoms with Crippen molar-refractivity contribution in [3.05, 3.63) is 23.9 Å². The second kappa shape index (κ2) is 5.75. The van der Waals surface area contributed by atoms with Crippen LogP contribution in [0.1, 0.15) is 0 Å². The van der Waals surface area contributed by atoms with Crippen molar-refractivity contribution in [2.45, 2.75) is 0 Å². The van der Waals surface area contributed by atoms with Crippen molar-refractivity contribution in [2.24, 2.45) is 10.7 Å². The number of aliphatic imine (C=N–C) groups is 1. The summed E-state index contributed by atoms with van der Waals surface area (Å²) in [6, 6.07) is 0. The number of carbonyl (C=O) groups excluding carboxylic acids is 1. The summed E-state index contributed by atoms with van der Waals surface area (Å²) >= 11 is 0. The van der Waals surface area contributed by atoms with Crippen LogP contribution in [0.15, 0.2) is 28.9 Å². The lowest BCUT2D eigenvalue weighted by atomic mass is 10.3. The lowest BCUT2D eigenvalue weighted by Gasteiger charge is -1.81. The SMILES string of the molecule is CN=C/C=C\C(C=O)=C\N. The van der Waals surface area contributed by atoms with Crippen molar-refractivity contribution >= 4 is 12.5 Å². The molecule has 0 aliphatic rings. The van der Waals surface area contributed by atoms with Gasteiger partial charge in [0.2, 0.25) is 0 Å². The minimum atomic E-state index is 0.444. The lowest BCUT2D eigenvalue weighted by molar-refractivity contribution is -0.104. The first-order chi connectivity index (χ1) is 4.85. The molecule has 3 nitrogen and oxygen atoms in total. The molecule has 0 aromatic rings. The fraction of sp³-hybridized carbons (Fsp3) is 0.143. The van der Waals surface area contributed by atoms with Gasteiger partial charge in [0.1, 0.15) is 0 Å². The molecular formula is C7H10N2O. The highest BCUT2D eigenvalue weighted by Gasteiger charge is 1.81. The van der Waals surface area contributed by atoms with Gasteiger partial charge >= 0.3 is 0 Å². The van der Waals surface area contributed by atoms with Gasteiger partial charge in [-0.3, -0.25) is 9.79 Å². The molecular weight excluding hydrogens is 128 g/mol. The number of nitrogens with zero attached hydrogens (tertiary/aromatic N) is 1. The molecule has 0 aliphatic carbocycles. The molecule has 0 atom stereocenters. The summed E-state index contributed by atoms with van der Waals surface area (Å²) in [5.74, 6) is 0. The maximum Gasteiger partial charge on any atom is 0.151 e. The molecule has 54 valence electrons. The maximum absolute atomic E-state index is 10.1. The summed E-state index contributed by atoms with van der Waals surface area (Å²) in [6.45, 7) is 0. The average Bonchev–Trinajstić information content (AvgIpc) is 1.99. The van der Waals surface area contributed by atoms with Gasteiger partial charge in [-0.1, -0.05) is 0 Å². The van der Waals surface area contributed by atoms with Gasteiger partial charge < -0.3 is 5.73 Å². The van der Waals surface area contributed by atoms with E-state index in [1.165, 1.54) is 6.20 Å². The zero-order valence-corrected chi connectivity index (χ0v) is 5.82. The maximum atomic E-state index is 10.1. The minimum Gasteiger partial charge on any atom is -0.404 e. The summed E-state index contributed by atoms with van der Waals surface area (Å²) in [5, 5.41) is 0. The fourth-order valence-corrected chi connectivity index (χ4v) is 0.374. The molecule has 2 N–H and O–H groups in total. The molecule has 0 bridgehead atoms. The smallest absolute Gasteiger partial charge is 0.151 e. The van der Waals surface area contributed by atoms with E-state index in [1.54, 1.807) is 25.4 Å². The monoisotopic (exact) mass is 138 g/mol. The third-order valence-corrected chi connectivity index (χ3v) is 0.852. The largest absolute Gasteiger partial charge is 0.404 e. The fourth-order valence-electron chi connectivity index (χ4n) is 0.374. The van der Waals surface area contributed by atoms with E-state index < -0.39 is 0 Å². The molecule has 0 saturated carbocycles. The van der Waals surface area contributed by atoms with Gasteiger partial charge in [0.25, 0.3) is 0 Å². The normalized spacial score (nSPS) is 13.1. The second-order valence-electron chi connectivity index (χ2n) is 1.55. The summed E-state index contributed by atoms with van der Waals surface area (Å²) in [4.78, 5) is 13.8. The third kappa shape index (κ3) is 3.60. The molecule has 0 aliphatic heterocycles. The van der Waals surface area contributed by atoms with Crippen molar-refractivity contribution in [1.82, 2.24) is 0 Å². The molecule has 0 spiro atoms. The standard InChI is InChI=1S/C7H10N2O/c1-9-4-2-3-7(5-8)6-10/h2-6H,8H2,1H3/b3-2-,7-5-,9-4?. The molecule has 0 unspecified atom stereocenters. The summed E-state index contributed by atoms with van der Waals surface area (Å²) in [6.07, 6.45) is 6.73. The van der Waals surface area contributed by atoms with Gasteiger partial charge in [0.05, 0.1) is 0 Å². The van der Waals surface area contributed by atoms with E-state index >= 15 is 0 Å². The number of allylic oxidation sites excluding steroid dienone is 3. The van der Waals surface area contributed by atoms with Crippen LogP contribution in [-0.2, 0) is 4.79 Å². The van der Waals surface area contributed by atoms with Crippen molar-refractivity contribution in [3.63, 3.8) is 0 Å². The Hall–Kier alpha value is -1.38. The molecule has 0 amide bonds. The highest BCUT2D eigenvalue weighted by molar-refractivity contribution is 5.81. The first-order valence-electron chi connectivity index (χ1n) is 2.81. The van der Waals surface area contributed by atoms with E-state index in [4.69, 9.17) is 5.73 Å². The zero-order valence-electron chi connectivity index (χ0n) is 5.82. The Morgan fingerprint density at radius 1 is 1.60 bits per heavy atom. The molecule has 0 heterocycles. The van der Waals surface area contributed by atoms with E-state index in [2.05, 4.69) is 4.99 Å². The highest BCUT2D eigenvalue weighted by atomic mass is 16.1. The molecule has 0 radical (unpaired) electrons. The zero-order chi connectivity index (χ0) is 7.82. The minimum absolute atomic E-state index is 0.444. The molecule has 3 heteroatoms. The van der Waals surface area contributed by atoms with E-state index in [0.717, 1.165) is 0 Å². The van der Waals surface area contributed by atoms with Crippen LogP contribution in [0.5, 0.6) is 0 Å². The van der Waals surface area contributed by atoms with Crippen molar-refractivity contribution in [1.29, 1.82) is 0 Å². The van der Waals surface area contributed by atoms with E-state index in [1.807, 2.05) is 0 Å². The van der Waals surface area contributed by atoms with Gasteiger partial charge in [-0.25, -0.2) is 0 Å². The average molecular weight is 138 g/mol. The highest BCUT2D eigenvalue weighted by Crippen LogP contribution is 1.86. The van der Waals surface area contributed by atoms with Crippen LogP contribution < -0.4 is 5.73 Å². The van der Waals surface area contributed by atoms with Crippen LogP contribution in [0.3, 0.4) is 0 Å². The van der Waals surface area contributed by atoms with Gasteiger partial charge in [0, 0.05) is 25.0 Å². The summed E-state index contributed by atoms with van der Waals surface area (Å²) in [5.41, 5.74) is 5.52. The Balaban J connectivity index is 3.98.